The fraction of sp³-hybridized carbons (Fsp3) is 0.944. The maximum absolute atomic E-state index is 12.4. The molecule has 1 aliphatic carbocycles. The zero-order chi connectivity index (χ0) is 16.9. The maximum atomic E-state index is 12.4. The highest BCUT2D eigenvalue weighted by Gasteiger charge is 2.39. The van der Waals surface area contributed by atoms with Gasteiger partial charge in [-0.2, -0.15) is 0 Å². The highest BCUT2D eigenvalue weighted by molar-refractivity contribution is 5.74. The Hall–Kier alpha value is -0.810. The summed E-state index contributed by atoms with van der Waals surface area (Å²) in [4.78, 5) is 12.4. The van der Waals surface area contributed by atoms with E-state index in [4.69, 9.17) is 4.74 Å². The number of carbonyl (C=O) groups excluding carboxylic acids is 1. The van der Waals surface area contributed by atoms with E-state index in [0.29, 0.717) is 6.42 Å². The lowest BCUT2D eigenvalue weighted by Crippen LogP contribution is -2.54. The lowest BCUT2D eigenvalue weighted by atomic mass is 9.78. The fourth-order valence-corrected chi connectivity index (χ4v) is 3.93. The fourth-order valence-electron chi connectivity index (χ4n) is 3.93. The van der Waals surface area contributed by atoms with Gasteiger partial charge in [0.1, 0.15) is 0 Å². The Bertz CT molecular complexity index is 381. The molecular formula is C18H34N2O3. The van der Waals surface area contributed by atoms with Crippen LogP contribution in [0.2, 0.25) is 0 Å². The molecule has 0 aromatic rings. The lowest BCUT2D eigenvalue weighted by Gasteiger charge is -2.43. The van der Waals surface area contributed by atoms with Crippen molar-refractivity contribution in [2.45, 2.75) is 89.8 Å². The molecule has 134 valence electrons. The summed E-state index contributed by atoms with van der Waals surface area (Å²) < 4.78 is 6.09. The van der Waals surface area contributed by atoms with Crippen LogP contribution in [0.25, 0.3) is 0 Å². The monoisotopic (exact) mass is 326 g/mol. The SMILES string of the molecule is CC(C)(C)[C@@H](CCO)NC(=O)N[C@@H]1CCOC2(CCCCC2)C1. The molecule has 3 N–H and O–H groups in total. The number of ether oxygens (including phenoxy) is 1. The second-order valence-corrected chi connectivity index (χ2v) is 8.33. The van der Waals surface area contributed by atoms with E-state index < -0.39 is 0 Å². The highest BCUT2D eigenvalue weighted by atomic mass is 16.5. The molecule has 2 atom stereocenters. The average Bonchev–Trinajstić information content (AvgIpc) is 2.46. The maximum Gasteiger partial charge on any atom is 0.315 e. The van der Waals surface area contributed by atoms with Crippen LogP contribution in [-0.4, -0.2) is 42.0 Å². The van der Waals surface area contributed by atoms with Crippen molar-refractivity contribution < 1.29 is 14.6 Å². The van der Waals surface area contributed by atoms with Gasteiger partial charge < -0.3 is 20.5 Å². The molecule has 5 heteroatoms. The van der Waals surface area contributed by atoms with Gasteiger partial charge in [-0.15, -0.1) is 0 Å². The van der Waals surface area contributed by atoms with Crippen LogP contribution in [0.3, 0.4) is 0 Å². The zero-order valence-electron chi connectivity index (χ0n) is 15.0. The van der Waals surface area contributed by atoms with Gasteiger partial charge in [0.25, 0.3) is 0 Å². The van der Waals surface area contributed by atoms with Crippen molar-refractivity contribution in [3.63, 3.8) is 0 Å². The predicted octanol–water partition coefficient (Wildman–Crippen LogP) is 2.96. The van der Waals surface area contributed by atoms with E-state index in [0.717, 1.165) is 32.3 Å². The molecule has 5 nitrogen and oxygen atoms in total. The van der Waals surface area contributed by atoms with Crippen LogP contribution < -0.4 is 10.6 Å². The molecule has 0 bridgehead atoms. The summed E-state index contributed by atoms with van der Waals surface area (Å²) in [6.45, 7) is 7.07. The van der Waals surface area contributed by atoms with Crippen LogP contribution >= 0.6 is 0 Å². The Morgan fingerprint density at radius 3 is 2.61 bits per heavy atom. The summed E-state index contributed by atoms with van der Waals surface area (Å²) in [6.07, 6.45) is 8.43. The molecule has 2 rings (SSSR count). The molecule has 2 amide bonds. The van der Waals surface area contributed by atoms with E-state index in [9.17, 15) is 9.90 Å². The molecule has 0 aromatic carbocycles. The van der Waals surface area contributed by atoms with Crippen LogP contribution in [0.4, 0.5) is 4.79 Å². The number of carbonyl (C=O) groups is 1. The molecule has 2 aliphatic rings. The molecule has 1 aliphatic heterocycles. The minimum Gasteiger partial charge on any atom is -0.396 e. The van der Waals surface area contributed by atoms with Crippen LogP contribution in [0, 0.1) is 5.41 Å². The van der Waals surface area contributed by atoms with Gasteiger partial charge in [0.15, 0.2) is 0 Å². The van der Waals surface area contributed by atoms with Gasteiger partial charge in [-0.3, -0.25) is 0 Å². The third-order valence-corrected chi connectivity index (χ3v) is 5.36. The second kappa shape index (κ2) is 7.84. The first-order valence-electron chi connectivity index (χ1n) is 9.16. The van der Waals surface area contributed by atoms with Crippen LogP contribution in [-0.2, 0) is 4.74 Å². The van der Waals surface area contributed by atoms with E-state index >= 15 is 0 Å². The van der Waals surface area contributed by atoms with Gasteiger partial charge >= 0.3 is 6.03 Å². The number of aliphatic hydroxyl groups excluding tert-OH is 1. The van der Waals surface area contributed by atoms with Crippen molar-refractivity contribution in [2.24, 2.45) is 5.41 Å². The Morgan fingerprint density at radius 1 is 1.30 bits per heavy atom. The minimum absolute atomic E-state index is 0.00295. The lowest BCUT2D eigenvalue weighted by molar-refractivity contribution is -0.107. The number of rotatable bonds is 4. The Kier molecular flexibility index (Phi) is 6.32. The van der Waals surface area contributed by atoms with Crippen molar-refractivity contribution in [3.8, 4) is 0 Å². The van der Waals surface area contributed by atoms with Crippen molar-refractivity contribution in [1.82, 2.24) is 10.6 Å². The smallest absolute Gasteiger partial charge is 0.315 e. The molecule has 1 spiro atoms. The minimum atomic E-state index is -0.115. The van der Waals surface area contributed by atoms with Crippen LogP contribution in [0.15, 0.2) is 0 Å². The average molecular weight is 326 g/mol. The zero-order valence-corrected chi connectivity index (χ0v) is 15.0. The number of hydrogen-bond acceptors (Lipinski definition) is 3. The Labute approximate surface area is 140 Å². The predicted molar refractivity (Wildman–Crippen MR) is 91.4 cm³/mol. The summed E-state index contributed by atoms with van der Waals surface area (Å²) >= 11 is 0. The molecular weight excluding hydrogens is 292 g/mol. The molecule has 0 unspecified atom stereocenters. The Morgan fingerprint density at radius 2 is 2.00 bits per heavy atom. The summed E-state index contributed by atoms with van der Waals surface area (Å²) in [5.41, 5.74) is -0.0662. The standard InChI is InChI=1S/C18H34N2O3/c1-17(2,3)15(7-11-21)20-16(22)19-14-8-12-23-18(13-14)9-5-4-6-10-18/h14-15,21H,4-13H2,1-3H3,(H2,19,20,22)/t14-,15-/m1/s1. The van der Waals surface area contributed by atoms with E-state index in [1.165, 1.54) is 19.3 Å². The van der Waals surface area contributed by atoms with Gasteiger partial charge in [-0.25, -0.2) is 4.79 Å². The first-order valence-corrected chi connectivity index (χ1v) is 9.16. The Balaban J connectivity index is 1.86. The third-order valence-electron chi connectivity index (χ3n) is 5.36. The number of urea groups is 1. The molecule has 1 saturated carbocycles. The number of amides is 2. The summed E-state index contributed by atoms with van der Waals surface area (Å²) in [5.74, 6) is 0. The van der Waals surface area contributed by atoms with Gasteiger partial charge in [-0.05, 0) is 37.5 Å². The van der Waals surface area contributed by atoms with E-state index in [2.05, 4.69) is 31.4 Å². The summed E-state index contributed by atoms with van der Waals surface area (Å²) in [6, 6.07) is 0.0452. The van der Waals surface area contributed by atoms with Crippen molar-refractivity contribution >= 4 is 6.03 Å². The second-order valence-electron chi connectivity index (χ2n) is 8.33. The largest absolute Gasteiger partial charge is 0.396 e. The van der Waals surface area contributed by atoms with E-state index in [1.54, 1.807) is 0 Å². The van der Waals surface area contributed by atoms with Crippen molar-refractivity contribution in [2.75, 3.05) is 13.2 Å². The molecule has 0 radical (unpaired) electrons. The van der Waals surface area contributed by atoms with Gasteiger partial charge in [0.2, 0.25) is 0 Å². The van der Waals surface area contributed by atoms with Crippen molar-refractivity contribution in [1.29, 1.82) is 0 Å². The summed E-state index contributed by atoms with van der Waals surface area (Å²) in [5, 5.41) is 15.4. The van der Waals surface area contributed by atoms with Gasteiger partial charge in [0.05, 0.1) is 5.60 Å². The van der Waals surface area contributed by atoms with Gasteiger partial charge in [-0.1, -0.05) is 40.0 Å². The van der Waals surface area contributed by atoms with E-state index in [-0.39, 0.29) is 35.7 Å². The first-order chi connectivity index (χ1) is 10.8. The quantitative estimate of drug-likeness (QED) is 0.744. The normalized spacial score (nSPS) is 25.8. The molecule has 2 fully saturated rings. The van der Waals surface area contributed by atoms with E-state index in [1.807, 2.05) is 0 Å². The topological polar surface area (TPSA) is 70.6 Å². The highest BCUT2D eigenvalue weighted by Crippen LogP contribution is 2.38. The van der Waals surface area contributed by atoms with Crippen LogP contribution in [0.1, 0.15) is 72.1 Å². The van der Waals surface area contributed by atoms with Crippen LogP contribution in [0.5, 0.6) is 0 Å². The third kappa shape index (κ3) is 5.35. The molecule has 23 heavy (non-hydrogen) atoms. The molecule has 1 saturated heterocycles. The van der Waals surface area contributed by atoms with Gasteiger partial charge in [0, 0.05) is 25.3 Å². The number of aliphatic hydroxyl groups is 1. The number of hydrogen-bond donors (Lipinski definition) is 3. The molecule has 0 aromatic heterocycles. The first kappa shape index (κ1) is 18.5. The number of nitrogens with one attached hydrogen (secondary N) is 2. The summed E-state index contributed by atoms with van der Waals surface area (Å²) in [7, 11) is 0. The molecule has 1 heterocycles. The van der Waals surface area contributed by atoms with Crippen molar-refractivity contribution in [3.05, 3.63) is 0 Å².